The van der Waals surface area contributed by atoms with Crippen LogP contribution in [0.3, 0.4) is 0 Å². The lowest BCUT2D eigenvalue weighted by Gasteiger charge is -2.03. The van der Waals surface area contributed by atoms with Crippen LogP contribution in [0.5, 0.6) is 11.5 Å². The first-order valence-electron chi connectivity index (χ1n) is 5.83. The summed E-state index contributed by atoms with van der Waals surface area (Å²) < 4.78 is 28.2. The Morgan fingerprint density at radius 1 is 1.05 bits per heavy atom. The molecule has 5 nitrogen and oxygen atoms in total. The number of carbonyl (C=O) groups excluding carboxylic acids is 1. The zero-order valence-corrected chi connectivity index (χ0v) is 10.6. The van der Waals surface area contributed by atoms with E-state index in [1.807, 2.05) is 0 Å². The quantitative estimate of drug-likeness (QED) is 0.662. The Kier molecular flexibility index (Phi) is 4.55. The first-order chi connectivity index (χ1) is 10.1. The maximum atomic E-state index is 12.0. The highest BCUT2D eigenvalue weighted by Crippen LogP contribution is 2.25. The topological polar surface area (TPSA) is 71.2 Å². The van der Waals surface area contributed by atoms with Crippen LogP contribution >= 0.6 is 0 Å². The molecule has 2 aromatic rings. The van der Waals surface area contributed by atoms with E-state index >= 15 is 0 Å². The molecule has 0 radical (unpaired) electrons. The molecule has 0 saturated carbocycles. The first-order valence-corrected chi connectivity index (χ1v) is 5.83. The summed E-state index contributed by atoms with van der Waals surface area (Å²) >= 11 is 0. The molecule has 0 fully saturated rings. The highest BCUT2D eigenvalue weighted by molar-refractivity contribution is 5.80. The van der Waals surface area contributed by atoms with Gasteiger partial charge in [0.05, 0.1) is 16.9 Å². The van der Waals surface area contributed by atoms with Crippen molar-refractivity contribution in [1.82, 2.24) is 0 Å². The second-order valence-corrected chi connectivity index (χ2v) is 3.93. The minimum Gasteiger partial charge on any atom is -0.507 e. The van der Waals surface area contributed by atoms with Crippen molar-refractivity contribution < 1.29 is 23.4 Å². The molecule has 0 aliphatic carbocycles. The molecule has 0 aromatic heterocycles. The van der Waals surface area contributed by atoms with Gasteiger partial charge < -0.3 is 9.84 Å². The van der Waals surface area contributed by atoms with Gasteiger partial charge in [-0.3, -0.25) is 4.79 Å². The van der Waals surface area contributed by atoms with Gasteiger partial charge in [-0.25, -0.2) is 0 Å². The third kappa shape index (κ3) is 4.07. The van der Waals surface area contributed by atoms with E-state index in [-0.39, 0.29) is 17.1 Å². The van der Waals surface area contributed by atoms with Gasteiger partial charge in [0.2, 0.25) is 0 Å². The molecule has 1 N–H and O–H groups in total. The molecule has 2 aromatic carbocycles. The average molecular weight is 292 g/mol. The Balaban J connectivity index is 2.12. The summed E-state index contributed by atoms with van der Waals surface area (Å²) in [7, 11) is 0. The fraction of sp³-hybridized carbons (Fsp3) is 0.0714. The minimum absolute atomic E-state index is 0.0248. The summed E-state index contributed by atoms with van der Waals surface area (Å²) in [6, 6.07) is 9.80. The van der Waals surface area contributed by atoms with Crippen molar-refractivity contribution >= 4 is 17.7 Å². The van der Waals surface area contributed by atoms with E-state index in [4.69, 9.17) is 0 Å². The van der Waals surface area contributed by atoms with E-state index in [0.717, 1.165) is 0 Å². The van der Waals surface area contributed by atoms with Crippen LogP contribution in [0.15, 0.2) is 52.7 Å². The van der Waals surface area contributed by atoms with Crippen LogP contribution in [-0.4, -0.2) is 18.0 Å². The van der Waals surface area contributed by atoms with Gasteiger partial charge in [-0.15, -0.1) is 0 Å². The van der Waals surface area contributed by atoms with E-state index < -0.39 is 6.61 Å². The van der Waals surface area contributed by atoms with Crippen molar-refractivity contribution in [2.24, 2.45) is 10.2 Å². The second kappa shape index (κ2) is 6.56. The SMILES string of the molecule is O=Cc1cc(N=Nc2ccc(OC(F)F)cc2)ccc1O. The van der Waals surface area contributed by atoms with Gasteiger partial charge >= 0.3 is 6.61 Å². The largest absolute Gasteiger partial charge is 0.507 e. The number of benzene rings is 2. The number of hydrogen-bond acceptors (Lipinski definition) is 5. The molecular formula is C14H10F2N2O3. The van der Waals surface area contributed by atoms with E-state index in [2.05, 4.69) is 15.0 Å². The Labute approximate surface area is 118 Å². The van der Waals surface area contributed by atoms with Crippen LogP contribution in [0.4, 0.5) is 20.2 Å². The number of carbonyl (C=O) groups is 1. The minimum atomic E-state index is -2.88. The number of azo groups is 1. The number of phenolic OH excluding ortho intramolecular Hbond substituents is 1. The summed E-state index contributed by atoms with van der Waals surface area (Å²) in [6.45, 7) is -2.88. The van der Waals surface area contributed by atoms with Gasteiger partial charge in [-0.2, -0.15) is 19.0 Å². The molecule has 0 amide bonds. The molecule has 0 aliphatic rings. The number of ether oxygens (including phenoxy) is 1. The van der Waals surface area contributed by atoms with Crippen LogP contribution in [0.25, 0.3) is 0 Å². The fourth-order valence-corrected chi connectivity index (χ4v) is 1.51. The number of rotatable bonds is 5. The van der Waals surface area contributed by atoms with E-state index in [0.29, 0.717) is 17.7 Å². The Bertz CT molecular complexity index is 658. The van der Waals surface area contributed by atoms with Gasteiger partial charge in [-0.05, 0) is 42.5 Å². The van der Waals surface area contributed by atoms with Gasteiger partial charge in [0, 0.05) is 0 Å². The first kappa shape index (κ1) is 14.6. The Morgan fingerprint density at radius 3 is 2.29 bits per heavy atom. The second-order valence-electron chi connectivity index (χ2n) is 3.93. The van der Waals surface area contributed by atoms with Gasteiger partial charge in [0.15, 0.2) is 6.29 Å². The number of halogens is 2. The lowest BCUT2D eigenvalue weighted by atomic mass is 10.2. The fourth-order valence-electron chi connectivity index (χ4n) is 1.51. The molecule has 0 bridgehead atoms. The highest BCUT2D eigenvalue weighted by atomic mass is 19.3. The summed E-state index contributed by atoms with van der Waals surface area (Å²) in [5.41, 5.74) is 0.910. The maximum absolute atomic E-state index is 12.0. The Morgan fingerprint density at radius 2 is 1.67 bits per heavy atom. The van der Waals surface area contributed by atoms with Crippen LogP contribution in [0.1, 0.15) is 10.4 Å². The molecule has 7 heteroatoms. The molecule has 0 unspecified atom stereocenters. The third-order valence-corrected chi connectivity index (χ3v) is 2.48. The zero-order valence-electron chi connectivity index (χ0n) is 10.6. The van der Waals surface area contributed by atoms with E-state index in [1.165, 1.54) is 42.5 Å². The zero-order chi connectivity index (χ0) is 15.2. The van der Waals surface area contributed by atoms with E-state index in [9.17, 15) is 18.7 Å². The van der Waals surface area contributed by atoms with Crippen molar-refractivity contribution in [2.75, 3.05) is 0 Å². The summed E-state index contributed by atoms with van der Waals surface area (Å²) in [6.07, 6.45) is 0.505. The molecular weight excluding hydrogens is 282 g/mol. The van der Waals surface area contributed by atoms with Crippen molar-refractivity contribution in [1.29, 1.82) is 0 Å². The van der Waals surface area contributed by atoms with Crippen LogP contribution < -0.4 is 4.74 Å². The summed E-state index contributed by atoms with van der Waals surface area (Å²) in [5, 5.41) is 17.1. The number of alkyl halides is 2. The number of phenols is 1. The molecule has 2 rings (SSSR count). The third-order valence-electron chi connectivity index (χ3n) is 2.48. The van der Waals surface area contributed by atoms with Crippen molar-refractivity contribution in [3.63, 3.8) is 0 Å². The number of aromatic hydroxyl groups is 1. The van der Waals surface area contributed by atoms with E-state index in [1.54, 1.807) is 0 Å². The average Bonchev–Trinajstić information content (AvgIpc) is 2.47. The van der Waals surface area contributed by atoms with Crippen molar-refractivity contribution in [3.8, 4) is 11.5 Å². The maximum Gasteiger partial charge on any atom is 0.387 e. The lowest BCUT2D eigenvalue weighted by molar-refractivity contribution is -0.0498. The molecule has 0 heterocycles. The summed E-state index contributed by atoms with van der Waals surface area (Å²) in [4.78, 5) is 10.7. The number of nitrogens with zero attached hydrogens (tertiary/aromatic N) is 2. The molecule has 0 aliphatic heterocycles. The Hall–Kier alpha value is -2.83. The highest BCUT2D eigenvalue weighted by Gasteiger charge is 2.03. The van der Waals surface area contributed by atoms with Crippen molar-refractivity contribution in [2.45, 2.75) is 6.61 Å². The predicted molar refractivity (Wildman–Crippen MR) is 70.7 cm³/mol. The number of hydrogen-bond donors (Lipinski definition) is 1. The number of aldehydes is 1. The summed E-state index contributed by atoms with van der Waals surface area (Å²) in [5.74, 6) is -0.116. The van der Waals surface area contributed by atoms with Crippen LogP contribution in [0.2, 0.25) is 0 Å². The molecule has 21 heavy (non-hydrogen) atoms. The van der Waals surface area contributed by atoms with Gasteiger partial charge in [0.25, 0.3) is 0 Å². The molecule has 108 valence electrons. The normalized spacial score (nSPS) is 11.0. The lowest BCUT2D eigenvalue weighted by Crippen LogP contribution is -2.01. The van der Waals surface area contributed by atoms with Gasteiger partial charge in [-0.1, -0.05) is 0 Å². The standard InChI is InChI=1S/C14H10F2N2O3/c15-14(16)21-12-4-1-10(2-5-12)17-18-11-3-6-13(20)9(7-11)8-19/h1-8,14,20H. The molecule has 0 spiro atoms. The monoisotopic (exact) mass is 292 g/mol. The van der Waals surface area contributed by atoms with Crippen LogP contribution in [-0.2, 0) is 0 Å². The van der Waals surface area contributed by atoms with Crippen molar-refractivity contribution in [3.05, 3.63) is 48.0 Å². The predicted octanol–water partition coefficient (Wildman–Crippen LogP) is 4.22. The smallest absolute Gasteiger partial charge is 0.387 e. The molecule has 0 saturated heterocycles. The van der Waals surface area contributed by atoms with Gasteiger partial charge in [0.1, 0.15) is 11.5 Å². The molecule has 0 atom stereocenters. The van der Waals surface area contributed by atoms with Crippen LogP contribution in [0, 0.1) is 0 Å².